The molecule has 4 aromatic carbocycles. The quantitative estimate of drug-likeness (QED) is 0.116. The van der Waals surface area contributed by atoms with Crippen LogP contribution >= 0.6 is 23.5 Å². The lowest BCUT2D eigenvalue weighted by Gasteiger charge is -2.16. The van der Waals surface area contributed by atoms with Crippen LogP contribution in [0.25, 0.3) is 21.8 Å². The topological polar surface area (TPSA) is 128 Å². The van der Waals surface area contributed by atoms with Crippen LogP contribution in [0.1, 0.15) is 11.1 Å². The summed E-state index contributed by atoms with van der Waals surface area (Å²) in [6.07, 6.45) is 1.42. The molecule has 0 aliphatic heterocycles. The molecule has 0 spiro atoms. The predicted octanol–water partition coefficient (Wildman–Crippen LogP) is 4.71. The van der Waals surface area contributed by atoms with Crippen LogP contribution in [-0.4, -0.2) is 55.5 Å². The highest BCUT2D eigenvalue weighted by molar-refractivity contribution is 8.00. The maximum absolute atomic E-state index is 13.8. The summed E-state index contributed by atoms with van der Waals surface area (Å²) in [6, 6.07) is 34.0. The Morgan fingerprint density at radius 2 is 0.920 bits per heavy atom. The third kappa shape index (κ3) is 8.87. The van der Waals surface area contributed by atoms with Crippen LogP contribution in [0.2, 0.25) is 0 Å². The zero-order valence-electron chi connectivity index (χ0n) is 27.3. The summed E-state index contributed by atoms with van der Waals surface area (Å²) in [5.41, 5.74) is 2.78. The summed E-state index contributed by atoms with van der Waals surface area (Å²) in [5, 5.41) is 7.52. The number of rotatable bonds is 15. The average Bonchev–Trinajstić information content (AvgIpc) is 3.14. The zero-order valence-corrected chi connectivity index (χ0v) is 28.9. The van der Waals surface area contributed by atoms with Crippen LogP contribution < -0.4 is 21.8 Å². The van der Waals surface area contributed by atoms with Crippen molar-refractivity contribution in [3.8, 4) is 0 Å². The van der Waals surface area contributed by atoms with Crippen LogP contribution in [0.15, 0.2) is 129 Å². The van der Waals surface area contributed by atoms with Crippen molar-refractivity contribution >= 4 is 57.1 Å². The minimum absolute atomic E-state index is 0.0670. The van der Waals surface area contributed by atoms with E-state index in [1.54, 1.807) is 36.4 Å². The second kappa shape index (κ2) is 17.0. The van der Waals surface area contributed by atoms with Gasteiger partial charge in [0.15, 0.2) is 10.3 Å². The first-order valence-electron chi connectivity index (χ1n) is 16.3. The zero-order chi connectivity index (χ0) is 34.7. The van der Waals surface area contributed by atoms with E-state index < -0.39 is 0 Å². The molecule has 0 bridgehead atoms. The van der Waals surface area contributed by atoms with Crippen LogP contribution in [0, 0.1) is 0 Å². The van der Waals surface area contributed by atoms with Crippen LogP contribution in [-0.2, 0) is 35.5 Å². The van der Waals surface area contributed by atoms with Crippen molar-refractivity contribution in [1.29, 1.82) is 0 Å². The molecule has 254 valence electrons. The van der Waals surface area contributed by atoms with Crippen molar-refractivity contribution in [2.75, 3.05) is 24.6 Å². The predicted molar refractivity (Wildman–Crippen MR) is 200 cm³/mol. The van der Waals surface area contributed by atoms with Gasteiger partial charge in [0.1, 0.15) is 0 Å². The van der Waals surface area contributed by atoms with Crippen molar-refractivity contribution in [1.82, 2.24) is 29.7 Å². The number of carbonyl (C=O) groups is 2. The molecule has 2 N–H and O–H groups in total. The average molecular weight is 705 g/mol. The Hall–Kier alpha value is -5.20. The van der Waals surface area contributed by atoms with Gasteiger partial charge < -0.3 is 10.6 Å². The summed E-state index contributed by atoms with van der Waals surface area (Å²) in [6.45, 7) is 1.19. The molecule has 2 heterocycles. The Labute approximate surface area is 297 Å². The maximum Gasteiger partial charge on any atom is 0.262 e. The number of benzene rings is 4. The summed E-state index contributed by atoms with van der Waals surface area (Å²) in [5.74, 6) is -0.208. The van der Waals surface area contributed by atoms with Crippen LogP contribution in [0.5, 0.6) is 0 Å². The normalized spacial score (nSPS) is 11.1. The summed E-state index contributed by atoms with van der Waals surface area (Å²) in [7, 11) is 0. The van der Waals surface area contributed by atoms with E-state index in [1.807, 2.05) is 72.8 Å². The monoisotopic (exact) mass is 704 g/mol. The number of nitrogens with one attached hydrogen (secondary N) is 2. The molecule has 0 saturated heterocycles. The highest BCUT2D eigenvalue weighted by Crippen LogP contribution is 2.20. The molecule has 12 heteroatoms. The van der Waals surface area contributed by atoms with Gasteiger partial charge in [-0.1, -0.05) is 108 Å². The fourth-order valence-electron chi connectivity index (χ4n) is 5.45. The Morgan fingerprint density at radius 1 is 0.540 bits per heavy atom. The molecule has 0 fully saturated rings. The Kier molecular flexibility index (Phi) is 11.7. The van der Waals surface area contributed by atoms with E-state index in [9.17, 15) is 19.2 Å². The minimum Gasteiger partial charge on any atom is -0.355 e. The number of fused-ring (bicyclic) bond motifs is 2. The van der Waals surface area contributed by atoms with E-state index in [4.69, 9.17) is 9.97 Å². The first-order chi connectivity index (χ1) is 24.5. The molecule has 2 aromatic heterocycles. The van der Waals surface area contributed by atoms with Crippen molar-refractivity contribution in [2.24, 2.45) is 0 Å². The lowest BCUT2D eigenvalue weighted by Crippen LogP contribution is -2.31. The number of carbonyl (C=O) groups excluding carboxylic acids is 2. The molecule has 0 unspecified atom stereocenters. The van der Waals surface area contributed by atoms with E-state index in [2.05, 4.69) is 10.6 Å². The third-order valence-corrected chi connectivity index (χ3v) is 9.98. The van der Waals surface area contributed by atoms with E-state index in [1.165, 1.54) is 32.7 Å². The van der Waals surface area contributed by atoms with Gasteiger partial charge in [-0.25, -0.2) is 9.97 Å². The van der Waals surface area contributed by atoms with E-state index in [0.717, 1.165) is 11.1 Å². The Bertz CT molecular complexity index is 2070. The number of nitrogens with zero attached hydrogens (tertiary/aromatic N) is 4. The van der Waals surface area contributed by atoms with Crippen LogP contribution in [0.4, 0.5) is 0 Å². The SMILES string of the molecule is O=C(CSc1nc2ccccc2c(=O)n1CCn1c(SCC(=O)NCCc2ccccc2)nc2ccccc2c1=O)NCCc1ccccc1. The molecule has 0 atom stereocenters. The fraction of sp³-hybridized carbons (Fsp3) is 0.211. The summed E-state index contributed by atoms with van der Waals surface area (Å²) >= 11 is 2.35. The van der Waals surface area contributed by atoms with Gasteiger partial charge in [0.25, 0.3) is 11.1 Å². The molecule has 2 amide bonds. The highest BCUT2D eigenvalue weighted by atomic mass is 32.2. The number of thioether (sulfide) groups is 2. The summed E-state index contributed by atoms with van der Waals surface area (Å²) in [4.78, 5) is 62.6. The van der Waals surface area contributed by atoms with Gasteiger partial charge in [-0.05, 0) is 48.2 Å². The van der Waals surface area contributed by atoms with E-state index >= 15 is 0 Å². The van der Waals surface area contributed by atoms with Gasteiger partial charge in [0.05, 0.1) is 33.3 Å². The molecule has 6 aromatic rings. The first-order valence-corrected chi connectivity index (χ1v) is 18.3. The van der Waals surface area contributed by atoms with Gasteiger partial charge >= 0.3 is 0 Å². The van der Waals surface area contributed by atoms with Crippen molar-refractivity contribution in [3.63, 3.8) is 0 Å². The molecule has 0 saturated carbocycles. The van der Waals surface area contributed by atoms with Gasteiger partial charge in [-0.2, -0.15) is 0 Å². The van der Waals surface area contributed by atoms with Crippen molar-refractivity contribution in [3.05, 3.63) is 141 Å². The highest BCUT2D eigenvalue weighted by Gasteiger charge is 2.17. The second-order valence-corrected chi connectivity index (χ2v) is 13.4. The van der Waals surface area contributed by atoms with Crippen molar-refractivity contribution in [2.45, 2.75) is 36.2 Å². The molecule has 50 heavy (non-hydrogen) atoms. The Balaban J connectivity index is 1.18. The fourth-order valence-corrected chi connectivity index (χ4v) is 7.16. The molecular weight excluding hydrogens is 669 g/mol. The largest absolute Gasteiger partial charge is 0.355 e. The van der Waals surface area contributed by atoms with Gasteiger partial charge in [0, 0.05) is 26.2 Å². The first kappa shape index (κ1) is 34.7. The third-order valence-electron chi connectivity index (χ3n) is 8.02. The molecular formula is C38H36N6O4S2. The van der Waals surface area contributed by atoms with E-state index in [0.29, 0.717) is 58.0 Å². The van der Waals surface area contributed by atoms with Crippen molar-refractivity contribution < 1.29 is 9.59 Å². The van der Waals surface area contributed by atoms with Gasteiger partial charge in [-0.3, -0.25) is 28.3 Å². The molecule has 10 nitrogen and oxygen atoms in total. The molecule has 0 aliphatic rings. The minimum atomic E-state index is -0.267. The van der Waals surface area contributed by atoms with Gasteiger partial charge in [-0.15, -0.1) is 0 Å². The second-order valence-electron chi connectivity index (χ2n) is 11.5. The lowest BCUT2D eigenvalue weighted by atomic mass is 10.1. The smallest absolute Gasteiger partial charge is 0.262 e. The van der Waals surface area contributed by atoms with Gasteiger partial charge in [0.2, 0.25) is 11.8 Å². The number of amides is 2. The van der Waals surface area contributed by atoms with Crippen LogP contribution in [0.3, 0.4) is 0 Å². The molecule has 0 aliphatic carbocycles. The summed E-state index contributed by atoms with van der Waals surface area (Å²) < 4.78 is 3.02. The molecule has 6 rings (SSSR count). The number of hydrogen-bond acceptors (Lipinski definition) is 8. The maximum atomic E-state index is 13.8. The number of aromatic nitrogens is 4. The van der Waals surface area contributed by atoms with E-state index in [-0.39, 0.29) is 47.5 Å². The Morgan fingerprint density at radius 3 is 1.34 bits per heavy atom. The number of para-hydroxylation sites is 2. The standard InChI is InChI=1S/C38H36N6O4S2/c45-33(39-21-19-27-11-3-1-4-12-27)25-49-37-41-31-17-9-7-15-29(31)35(47)43(37)23-24-44-36(48)30-16-8-10-18-32(30)42-38(44)50-26-34(46)40-22-20-28-13-5-2-6-14-28/h1-18H,19-26H2,(H,39,45)(H,40,46). The number of hydrogen-bond donors (Lipinski definition) is 2. The lowest BCUT2D eigenvalue weighted by molar-refractivity contribution is -0.119. The molecule has 0 radical (unpaired) electrons.